The van der Waals surface area contributed by atoms with Crippen LogP contribution in [-0.2, 0) is 14.4 Å². The van der Waals surface area contributed by atoms with E-state index in [4.69, 9.17) is 19.7 Å². The monoisotopic (exact) mass is 1120 g/mol. The van der Waals surface area contributed by atoms with Crippen molar-refractivity contribution < 1.29 is 38.6 Å². The molecule has 2 unspecified atom stereocenters. The van der Waals surface area contributed by atoms with Crippen LogP contribution < -0.4 is 30.3 Å². The predicted octanol–water partition coefficient (Wildman–Crippen LogP) is 5.75. The first-order chi connectivity index (χ1) is 39.3. The van der Waals surface area contributed by atoms with Crippen LogP contribution in [0.3, 0.4) is 0 Å². The van der Waals surface area contributed by atoms with Crippen molar-refractivity contribution in [2.75, 3.05) is 94.7 Å². The SMILES string of the molecule is Cc1ncsc1-c1ccc([C@@H](NC(=O)[C@@H]2C[C@@H](O)CN2C(=O)[C@H](c2cc(OCCN3CCN(CCOc4cc(N5C6CCC5CN(c5cc(-c7ccccc7O)nnc5N)C6)ccn4)CC3)no2)C(C)C)C(=O)N(C)C2CCC2)cc1. The van der Waals surface area contributed by atoms with Crippen LogP contribution in [0, 0.1) is 12.8 Å². The van der Waals surface area contributed by atoms with E-state index in [-0.39, 0.29) is 60.5 Å². The molecule has 8 heterocycles. The van der Waals surface area contributed by atoms with Gasteiger partial charge in [-0.3, -0.25) is 24.2 Å². The molecule has 0 radical (unpaired) electrons. The fourth-order valence-corrected chi connectivity index (χ4v) is 13.0. The number of pyridine rings is 1. The molecular formula is C59H73N13O8S. The second-order valence-corrected chi connectivity index (χ2v) is 23.4. The van der Waals surface area contributed by atoms with Crippen LogP contribution in [0.15, 0.2) is 89.0 Å². The minimum absolute atomic E-state index is 0.0291. The number of ether oxygens (including phenoxy) is 2. The van der Waals surface area contributed by atoms with E-state index < -0.39 is 30.0 Å². The quantitative estimate of drug-likeness (QED) is 0.0711. The molecule has 5 N–H and O–H groups in total. The molecule has 0 spiro atoms. The van der Waals surface area contributed by atoms with Gasteiger partial charge in [0.15, 0.2) is 11.6 Å². The largest absolute Gasteiger partial charge is 0.507 e. The number of likely N-dealkylation sites (N-methyl/N-ethyl adjacent to an activating group) is 1. The number of hydrogen-bond acceptors (Lipinski definition) is 19. The summed E-state index contributed by atoms with van der Waals surface area (Å²) in [6.45, 7) is 13.1. The van der Waals surface area contributed by atoms with Crippen LogP contribution in [0.25, 0.3) is 21.7 Å². The Morgan fingerprint density at radius 1 is 0.877 bits per heavy atom. The molecule has 2 aromatic carbocycles. The number of aliphatic hydroxyl groups is 1. The third-order valence-electron chi connectivity index (χ3n) is 17.0. The van der Waals surface area contributed by atoms with Crippen LogP contribution >= 0.6 is 11.3 Å². The highest BCUT2D eigenvalue weighted by Gasteiger charge is 2.45. The number of aromatic hydroxyl groups is 1. The lowest BCUT2D eigenvalue weighted by Gasteiger charge is -2.43. The van der Waals surface area contributed by atoms with Crippen LogP contribution in [0.2, 0.25) is 0 Å². The second kappa shape index (κ2) is 24.4. The molecule has 4 saturated heterocycles. The van der Waals surface area contributed by atoms with E-state index in [1.165, 1.54) is 4.90 Å². The molecule has 5 fully saturated rings. The average Bonchev–Trinajstić information content (AvgIpc) is 4.28. The summed E-state index contributed by atoms with van der Waals surface area (Å²) in [7, 11) is 1.78. The number of hydrogen-bond donors (Lipinski definition) is 4. The highest BCUT2D eigenvalue weighted by atomic mass is 32.1. The van der Waals surface area contributed by atoms with Crippen molar-refractivity contribution in [3.05, 3.63) is 102 Å². The third-order valence-corrected chi connectivity index (χ3v) is 17.9. The number of benzene rings is 2. The van der Waals surface area contributed by atoms with Gasteiger partial charge in [0.25, 0.3) is 5.88 Å². The molecule has 1 aliphatic carbocycles. The highest BCUT2D eigenvalue weighted by Crippen LogP contribution is 2.40. The topological polar surface area (TPSA) is 245 Å². The molecule has 22 heteroatoms. The van der Waals surface area contributed by atoms with Crippen molar-refractivity contribution in [2.45, 2.75) is 102 Å². The third kappa shape index (κ3) is 12.1. The summed E-state index contributed by atoms with van der Waals surface area (Å²) in [6, 6.07) is 21.0. The first kappa shape index (κ1) is 55.5. The molecular weight excluding hydrogens is 1050 g/mol. The molecule has 3 amide bonds. The number of aliphatic hydroxyl groups excluding tert-OH is 1. The maximum Gasteiger partial charge on any atom is 0.254 e. The number of nitrogen functional groups attached to an aromatic ring is 1. The van der Waals surface area contributed by atoms with Gasteiger partial charge in [-0.2, -0.15) is 0 Å². The van der Waals surface area contributed by atoms with E-state index in [2.05, 4.69) is 62.4 Å². The molecule has 4 aromatic heterocycles. The van der Waals surface area contributed by atoms with Crippen LogP contribution in [0.4, 0.5) is 17.2 Å². The van der Waals surface area contributed by atoms with Crippen LogP contribution in [-0.4, -0.2) is 182 Å². The Labute approximate surface area is 476 Å². The maximum atomic E-state index is 14.5. The predicted molar refractivity (Wildman–Crippen MR) is 307 cm³/mol. The summed E-state index contributed by atoms with van der Waals surface area (Å²) >= 11 is 1.54. The Hall–Kier alpha value is -7.40. The summed E-state index contributed by atoms with van der Waals surface area (Å²) in [4.78, 5) is 65.7. The van der Waals surface area contributed by atoms with E-state index >= 15 is 0 Å². The molecule has 428 valence electrons. The van der Waals surface area contributed by atoms with Gasteiger partial charge in [0.05, 0.1) is 33.6 Å². The average molecular weight is 1120 g/mol. The standard InChI is InChI=1S/C59H73N13O8S/c1-36(2)53(58(76)71-34-44(73)29-48(71)57(75)63-54(59(77)67(4)40-8-7-9-40)38-12-14-39(15-13-38)55-37(3)62-35-81-55)50-31-52(66-80-50)79-27-25-69-22-20-68(21-23-69)24-26-78-51-28-41(18-19-61-51)72-42-16-17-43(72)33-70(32-42)47-30-46(64-65-56(47)60)45-10-5-6-11-49(45)74/h5-6,10-15,18-19,28,30-31,35-36,40,42-44,48,53-54,73-74H,7-9,16-17,20-27,29,32-34H2,1-4H3,(H2,60,65)(H,63,75)/t42?,43?,44-,48+,53+,54-/m1/s1. The van der Waals surface area contributed by atoms with Crippen molar-refractivity contribution in [1.29, 1.82) is 0 Å². The Bertz CT molecular complexity index is 3150. The van der Waals surface area contributed by atoms with E-state index in [1.54, 1.807) is 47.0 Å². The van der Waals surface area contributed by atoms with E-state index in [9.17, 15) is 24.6 Å². The molecule has 1 saturated carbocycles. The Balaban J connectivity index is 0.637. The smallest absolute Gasteiger partial charge is 0.254 e. The fourth-order valence-electron chi connectivity index (χ4n) is 12.2. The number of nitrogens with two attached hydrogens (primary N) is 1. The van der Waals surface area contributed by atoms with Gasteiger partial charge < -0.3 is 54.9 Å². The summed E-state index contributed by atoms with van der Waals surface area (Å²) in [5.74, 6) is -0.458. The van der Waals surface area contributed by atoms with Crippen molar-refractivity contribution in [3.8, 4) is 39.2 Å². The summed E-state index contributed by atoms with van der Waals surface area (Å²) in [6.07, 6.45) is 5.88. The van der Waals surface area contributed by atoms with Crippen molar-refractivity contribution >= 4 is 46.3 Å². The first-order valence-electron chi connectivity index (χ1n) is 28.4. The zero-order valence-corrected chi connectivity index (χ0v) is 47.3. The molecule has 11 rings (SSSR count). The van der Waals surface area contributed by atoms with Crippen molar-refractivity contribution in [1.82, 2.24) is 50.2 Å². The summed E-state index contributed by atoms with van der Waals surface area (Å²) in [5.41, 5.74) is 13.8. The molecule has 4 aliphatic heterocycles. The normalized spacial score (nSPS) is 21.2. The number of aromatic nitrogens is 5. The number of β-amino-alcohol motifs (C(OH)–C–C–N with tert-alkyl or cyclic N) is 1. The van der Waals surface area contributed by atoms with Crippen LogP contribution in [0.1, 0.15) is 81.3 Å². The van der Waals surface area contributed by atoms with Gasteiger partial charge >= 0.3 is 0 Å². The number of likely N-dealkylation sites (tertiary alicyclic amines) is 1. The zero-order chi connectivity index (χ0) is 56.3. The number of piperazine rings is 2. The lowest BCUT2D eigenvalue weighted by Crippen LogP contribution is -2.54. The first-order valence-corrected chi connectivity index (χ1v) is 29.3. The summed E-state index contributed by atoms with van der Waals surface area (Å²) in [5, 5.41) is 37.2. The van der Waals surface area contributed by atoms with Gasteiger partial charge in [-0.15, -0.1) is 21.5 Å². The van der Waals surface area contributed by atoms with Gasteiger partial charge in [-0.1, -0.05) is 50.2 Å². The lowest BCUT2D eigenvalue weighted by molar-refractivity contribution is -0.143. The highest BCUT2D eigenvalue weighted by molar-refractivity contribution is 7.13. The molecule has 81 heavy (non-hydrogen) atoms. The fraction of sp³-hybridized carbons (Fsp3) is 0.492. The van der Waals surface area contributed by atoms with E-state index in [1.807, 2.05) is 69.4 Å². The minimum Gasteiger partial charge on any atom is -0.507 e. The van der Waals surface area contributed by atoms with Gasteiger partial charge in [-0.05, 0) is 85.5 Å². The molecule has 2 bridgehead atoms. The van der Waals surface area contributed by atoms with Gasteiger partial charge in [-0.25, -0.2) is 9.97 Å². The Kier molecular flexibility index (Phi) is 16.7. The number of aryl methyl sites for hydroxylation is 1. The van der Waals surface area contributed by atoms with Gasteiger partial charge in [0.1, 0.15) is 37.0 Å². The summed E-state index contributed by atoms with van der Waals surface area (Å²) < 4.78 is 18.1. The number of anilines is 3. The molecule has 5 aliphatic rings. The number of nitrogens with one attached hydrogen (secondary N) is 1. The van der Waals surface area contributed by atoms with Gasteiger partial charge in [0, 0.05) is 120 Å². The second-order valence-electron chi connectivity index (χ2n) is 22.5. The van der Waals surface area contributed by atoms with Crippen molar-refractivity contribution in [2.24, 2.45) is 5.92 Å². The maximum absolute atomic E-state index is 14.5. The van der Waals surface area contributed by atoms with Gasteiger partial charge in [0.2, 0.25) is 23.6 Å². The number of phenols is 1. The number of amides is 3. The number of carbonyl (C=O) groups is 3. The molecule has 6 atom stereocenters. The lowest BCUT2D eigenvalue weighted by atomic mass is 9.90. The van der Waals surface area contributed by atoms with Crippen molar-refractivity contribution in [3.63, 3.8) is 0 Å². The Morgan fingerprint density at radius 3 is 2.23 bits per heavy atom. The molecule has 6 aromatic rings. The number of fused-ring (bicyclic) bond motifs is 2. The number of rotatable bonds is 20. The number of thiazole rings is 1. The molecule has 21 nitrogen and oxygen atoms in total. The number of para-hydroxylation sites is 1. The Morgan fingerprint density at radius 2 is 1.58 bits per heavy atom. The van der Waals surface area contributed by atoms with E-state index in [0.717, 1.165) is 105 Å². The van der Waals surface area contributed by atoms with E-state index in [0.29, 0.717) is 54.0 Å². The number of nitrogens with zero attached hydrogens (tertiary/aromatic N) is 11. The zero-order valence-electron chi connectivity index (χ0n) is 46.5. The van der Waals surface area contributed by atoms with Crippen LogP contribution in [0.5, 0.6) is 17.5 Å². The minimum atomic E-state index is -1.01. The number of phenolic OH excluding ortho intramolecular Hbond substituents is 1. The number of carbonyl (C=O) groups excluding carboxylic acids is 3.